The molecule has 0 atom stereocenters. The molecule has 5 heteroatoms. The second-order valence-electron chi connectivity index (χ2n) is 4.64. The third-order valence-corrected chi connectivity index (χ3v) is 3.53. The number of rotatable bonds is 7. The Labute approximate surface area is 139 Å². The molecule has 0 aliphatic heterocycles. The van der Waals surface area contributed by atoms with Crippen molar-refractivity contribution >= 4 is 27.8 Å². The molecule has 0 saturated carbocycles. The molecule has 0 fully saturated rings. The van der Waals surface area contributed by atoms with E-state index in [1.54, 1.807) is 13.3 Å². The van der Waals surface area contributed by atoms with Crippen molar-refractivity contribution in [3.8, 4) is 11.5 Å². The molecule has 0 unspecified atom stereocenters. The Balaban J connectivity index is 1.96. The first kappa shape index (κ1) is 16.4. The van der Waals surface area contributed by atoms with Crippen LogP contribution in [0.1, 0.15) is 18.9 Å². The first-order valence-electron chi connectivity index (χ1n) is 7.08. The van der Waals surface area contributed by atoms with Gasteiger partial charge in [-0.15, -0.1) is 0 Å². The third-order valence-electron chi connectivity index (χ3n) is 2.91. The molecule has 116 valence electrons. The van der Waals surface area contributed by atoms with Crippen molar-refractivity contribution in [2.45, 2.75) is 13.3 Å². The van der Waals surface area contributed by atoms with Gasteiger partial charge in [-0.2, -0.15) is 5.10 Å². The fourth-order valence-electron chi connectivity index (χ4n) is 1.77. The fraction of sp³-hybridized carbons (Fsp3) is 0.235. The Bertz CT molecular complexity index is 627. The van der Waals surface area contributed by atoms with Crippen molar-refractivity contribution in [2.24, 2.45) is 5.10 Å². The van der Waals surface area contributed by atoms with Crippen LogP contribution in [0.25, 0.3) is 0 Å². The number of anilines is 1. The van der Waals surface area contributed by atoms with Crippen LogP contribution in [0.3, 0.4) is 0 Å². The summed E-state index contributed by atoms with van der Waals surface area (Å²) in [7, 11) is 1.65. The molecule has 0 spiro atoms. The molecule has 0 aliphatic carbocycles. The minimum absolute atomic E-state index is 0.713. The zero-order valence-corrected chi connectivity index (χ0v) is 14.3. The maximum absolute atomic E-state index is 5.62. The van der Waals surface area contributed by atoms with Gasteiger partial charge in [0.05, 0.1) is 30.1 Å². The van der Waals surface area contributed by atoms with Gasteiger partial charge in [-0.1, -0.05) is 6.92 Å². The first-order chi connectivity index (χ1) is 10.7. The number of hydrazone groups is 1. The van der Waals surface area contributed by atoms with Crippen molar-refractivity contribution in [2.75, 3.05) is 19.1 Å². The maximum Gasteiger partial charge on any atom is 0.133 e. The van der Waals surface area contributed by atoms with Crippen LogP contribution < -0.4 is 14.9 Å². The second-order valence-corrected chi connectivity index (χ2v) is 5.49. The Kier molecular flexibility index (Phi) is 6.27. The van der Waals surface area contributed by atoms with Crippen LogP contribution in [0.4, 0.5) is 5.69 Å². The summed E-state index contributed by atoms with van der Waals surface area (Å²) < 4.78 is 11.7. The van der Waals surface area contributed by atoms with Crippen molar-refractivity contribution in [3.63, 3.8) is 0 Å². The van der Waals surface area contributed by atoms with Crippen LogP contribution >= 0.6 is 15.9 Å². The van der Waals surface area contributed by atoms with Gasteiger partial charge in [0.25, 0.3) is 0 Å². The molecule has 0 heterocycles. The highest BCUT2D eigenvalue weighted by molar-refractivity contribution is 9.10. The second kappa shape index (κ2) is 8.44. The summed E-state index contributed by atoms with van der Waals surface area (Å²) in [5.74, 6) is 1.67. The quantitative estimate of drug-likeness (QED) is 0.573. The van der Waals surface area contributed by atoms with E-state index in [1.165, 1.54) is 0 Å². The van der Waals surface area contributed by atoms with Gasteiger partial charge in [0.2, 0.25) is 0 Å². The lowest BCUT2D eigenvalue weighted by Gasteiger charge is -2.07. The van der Waals surface area contributed by atoms with Gasteiger partial charge in [0, 0.05) is 0 Å². The van der Waals surface area contributed by atoms with Gasteiger partial charge < -0.3 is 9.47 Å². The smallest absolute Gasteiger partial charge is 0.133 e. The minimum Gasteiger partial charge on any atom is -0.497 e. The summed E-state index contributed by atoms with van der Waals surface area (Å²) in [5.41, 5.74) is 4.87. The monoisotopic (exact) mass is 362 g/mol. The molecule has 4 nitrogen and oxygen atoms in total. The summed E-state index contributed by atoms with van der Waals surface area (Å²) in [6, 6.07) is 13.5. The standard InChI is InChI=1S/C17H19BrN2O2/c1-3-10-22-17-9-4-13(11-16(17)18)12-19-20-14-5-7-15(21-2)8-6-14/h4-9,11-12,20H,3,10H2,1-2H3/b19-12+. The largest absolute Gasteiger partial charge is 0.497 e. The number of nitrogens with one attached hydrogen (secondary N) is 1. The summed E-state index contributed by atoms with van der Waals surface area (Å²) in [6.07, 6.45) is 2.75. The summed E-state index contributed by atoms with van der Waals surface area (Å²) in [4.78, 5) is 0. The predicted molar refractivity (Wildman–Crippen MR) is 94.1 cm³/mol. The van der Waals surface area contributed by atoms with E-state index in [4.69, 9.17) is 9.47 Å². The number of benzene rings is 2. The van der Waals surface area contributed by atoms with Gasteiger partial charge in [0.1, 0.15) is 11.5 Å². The zero-order valence-electron chi connectivity index (χ0n) is 12.7. The van der Waals surface area contributed by atoms with Crippen molar-refractivity contribution in [1.29, 1.82) is 0 Å². The Hall–Kier alpha value is -2.01. The first-order valence-corrected chi connectivity index (χ1v) is 7.87. The maximum atomic E-state index is 5.62. The molecule has 0 aliphatic rings. The highest BCUT2D eigenvalue weighted by Gasteiger charge is 2.01. The number of halogens is 1. The lowest BCUT2D eigenvalue weighted by atomic mass is 10.2. The van der Waals surface area contributed by atoms with E-state index in [1.807, 2.05) is 42.5 Å². The van der Waals surface area contributed by atoms with Crippen LogP contribution in [0.2, 0.25) is 0 Å². The van der Waals surface area contributed by atoms with Crippen LogP contribution in [-0.2, 0) is 0 Å². The van der Waals surface area contributed by atoms with E-state index >= 15 is 0 Å². The topological polar surface area (TPSA) is 42.8 Å². The van der Waals surface area contributed by atoms with E-state index in [2.05, 4.69) is 33.4 Å². The van der Waals surface area contributed by atoms with Crippen molar-refractivity contribution in [1.82, 2.24) is 0 Å². The molecule has 1 N–H and O–H groups in total. The summed E-state index contributed by atoms with van der Waals surface area (Å²) >= 11 is 3.51. The molecule has 2 aromatic rings. The number of methoxy groups -OCH3 is 1. The Morgan fingerprint density at radius 1 is 1.18 bits per heavy atom. The minimum atomic E-state index is 0.713. The van der Waals surface area contributed by atoms with E-state index in [9.17, 15) is 0 Å². The molecule has 0 amide bonds. The van der Waals surface area contributed by atoms with Crippen LogP contribution in [0.15, 0.2) is 52.0 Å². The number of hydrogen-bond acceptors (Lipinski definition) is 4. The predicted octanol–water partition coefficient (Wildman–Crippen LogP) is 4.69. The Morgan fingerprint density at radius 3 is 2.59 bits per heavy atom. The van der Waals surface area contributed by atoms with Gasteiger partial charge in [-0.25, -0.2) is 0 Å². The summed E-state index contributed by atoms with van der Waals surface area (Å²) in [6.45, 7) is 2.80. The lowest BCUT2D eigenvalue weighted by Crippen LogP contribution is -1.96. The zero-order chi connectivity index (χ0) is 15.8. The molecular formula is C17H19BrN2O2. The van der Waals surface area contributed by atoms with E-state index in [0.29, 0.717) is 6.61 Å². The van der Waals surface area contributed by atoms with Crippen molar-refractivity contribution in [3.05, 3.63) is 52.5 Å². The van der Waals surface area contributed by atoms with Gasteiger partial charge in [-0.3, -0.25) is 5.43 Å². The molecular weight excluding hydrogens is 344 g/mol. The Morgan fingerprint density at radius 2 is 1.95 bits per heavy atom. The highest BCUT2D eigenvalue weighted by atomic mass is 79.9. The van der Waals surface area contributed by atoms with Gasteiger partial charge >= 0.3 is 0 Å². The van der Waals surface area contributed by atoms with E-state index in [0.717, 1.165) is 33.6 Å². The molecule has 2 aromatic carbocycles. The number of hydrogen-bond donors (Lipinski definition) is 1. The average Bonchev–Trinajstić information content (AvgIpc) is 2.55. The highest BCUT2D eigenvalue weighted by Crippen LogP contribution is 2.25. The SMILES string of the molecule is CCCOc1ccc(/C=N/Nc2ccc(OC)cc2)cc1Br. The average molecular weight is 363 g/mol. The fourth-order valence-corrected chi connectivity index (χ4v) is 2.28. The van der Waals surface area contributed by atoms with Crippen LogP contribution in [-0.4, -0.2) is 19.9 Å². The lowest BCUT2D eigenvalue weighted by molar-refractivity contribution is 0.315. The molecule has 0 radical (unpaired) electrons. The van der Waals surface area contributed by atoms with Gasteiger partial charge in [-0.05, 0) is 70.4 Å². The number of ether oxygens (including phenoxy) is 2. The van der Waals surface area contributed by atoms with E-state index in [-0.39, 0.29) is 0 Å². The van der Waals surface area contributed by atoms with Crippen LogP contribution in [0, 0.1) is 0 Å². The molecule has 0 bridgehead atoms. The number of nitrogens with zero attached hydrogens (tertiary/aromatic N) is 1. The van der Waals surface area contributed by atoms with Gasteiger partial charge in [0.15, 0.2) is 0 Å². The normalized spacial score (nSPS) is 10.7. The third kappa shape index (κ3) is 4.77. The van der Waals surface area contributed by atoms with Crippen molar-refractivity contribution < 1.29 is 9.47 Å². The van der Waals surface area contributed by atoms with E-state index < -0.39 is 0 Å². The molecule has 0 saturated heterocycles. The molecule has 22 heavy (non-hydrogen) atoms. The molecule has 0 aromatic heterocycles. The van der Waals surface area contributed by atoms with Crippen LogP contribution in [0.5, 0.6) is 11.5 Å². The summed E-state index contributed by atoms with van der Waals surface area (Å²) in [5, 5.41) is 4.22. The molecule has 2 rings (SSSR count).